The van der Waals surface area contributed by atoms with Gasteiger partial charge in [-0.1, -0.05) is 34.1 Å². The van der Waals surface area contributed by atoms with Gasteiger partial charge in [-0.05, 0) is 42.2 Å². The first kappa shape index (κ1) is 22.3. The van der Waals surface area contributed by atoms with E-state index in [1.54, 1.807) is 11.9 Å². The molecule has 1 saturated heterocycles. The van der Waals surface area contributed by atoms with Crippen molar-refractivity contribution in [2.75, 3.05) is 26.2 Å². The van der Waals surface area contributed by atoms with Crippen LogP contribution in [0.25, 0.3) is 0 Å². The van der Waals surface area contributed by atoms with E-state index >= 15 is 0 Å². The van der Waals surface area contributed by atoms with Crippen LogP contribution >= 0.6 is 0 Å². The summed E-state index contributed by atoms with van der Waals surface area (Å²) in [6.07, 6.45) is 3.50. The quantitative estimate of drug-likeness (QED) is 0.711. The zero-order valence-corrected chi connectivity index (χ0v) is 18.3. The smallest absolute Gasteiger partial charge is 0.295 e. The first-order valence-corrected chi connectivity index (χ1v) is 10.5. The van der Waals surface area contributed by atoms with Crippen LogP contribution in [0.4, 0.5) is 0 Å². The van der Waals surface area contributed by atoms with E-state index in [1.807, 2.05) is 11.8 Å². The van der Waals surface area contributed by atoms with Crippen molar-refractivity contribution in [1.82, 2.24) is 30.0 Å². The molecule has 8 nitrogen and oxygen atoms in total. The SMILES string of the molecule is CCC(CC(=O)N1CCC(CN(CC)C(=O)c2nnn(C)n2)CC1)C(C)(C)C. The molecular weight excluding hydrogens is 356 g/mol. The molecule has 2 rings (SSSR count). The molecule has 0 saturated carbocycles. The minimum atomic E-state index is -0.176. The second-order valence-corrected chi connectivity index (χ2v) is 8.95. The van der Waals surface area contributed by atoms with Gasteiger partial charge in [0.2, 0.25) is 5.91 Å². The average Bonchev–Trinajstić information content (AvgIpc) is 3.09. The lowest BCUT2D eigenvalue weighted by molar-refractivity contribution is -0.134. The molecule has 0 N–H and O–H groups in total. The number of likely N-dealkylation sites (tertiary alicyclic amines) is 1. The Morgan fingerprint density at radius 2 is 1.86 bits per heavy atom. The van der Waals surface area contributed by atoms with Gasteiger partial charge >= 0.3 is 0 Å². The number of amides is 2. The van der Waals surface area contributed by atoms with Crippen molar-refractivity contribution in [2.45, 2.75) is 60.3 Å². The van der Waals surface area contributed by atoms with Crippen LogP contribution in [-0.2, 0) is 11.8 Å². The Hall–Kier alpha value is -1.99. The van der Waals surface area contributed by atoms with E-state index in [0.29, 0.717) is 31.3 Å². The monoisotopic (exact) mass is 392 g/mol. The summed E-state index contributed by atoms with van der Waals surface area (Å²) in [5.74, 6) is 1.04. The van der Waals surface area contributed by atoms with E-state index in [-0.39, 0.29) is 23.1 Å². The molecule has 0 radical (unpaired) electrons. The van der Waals surface area contributed by atoms with Gasteiger partial charge in [0, 0.05) is 32.6 Å². The van der Waals surface area contributed by atoms with Crippen LogP contribution in [0.2, 0.25) is 0 Å². The second-order valence-electron chi connectivity index (χ2n) is 8.95. The molecule has 0 spiro atoms. The number of carbonyl (C=O) groups excluding carboxylic acids is 2. The fraction of sp³-hybridized carbons (Fsp3) is 0.850. The molecule has 1 unspecified atom stereocenters. The minimum absolute atomic E-state index is 0.143. The van der Waals surface area contributed by atoms with Crippen molar-refractivity contribution < 1.29 is 9.59 Å². The number of aromatic nitrogens is 4. The van der Waals surface area contributed by atoms with Gasteiger partial charge in [-0.15, -0.1) is 10.2 Å². The second kappa shape index (κ2) is 9.47. The van der Waals surface area contributed by atoms with Gasteiger partial charge in [-0.2, -0.15) is 4.80 Å². The molecule has 1 aromatic rings. The van der Waals surface area contributed by atoms with E-state index in [0.717, 1.165) is 32.4 Å². The number of hydrogen-bond donors (Lipinski definition) is 0. The predicted molar refractivity (Wildman–Crippen MR) is 108 cm³/mol. The maximum Gasteiger partial charge on any atom is 0.295 e. The molecule has 0 aromatic carbocycles. The van der Waals surface area contributed by atoms with E-state index in [4.69, 9.17) is 0 Å². The Morgan fingerprint density at radius 3 is 2.32 bits per heavy atom. The summed E-state index contributed by atoms with van der Waals surface area (Å²) in [7, 11) is 1.65. The van der Waals surface area contributed by atoms with Crippen molar-refractivity contribution in [1.29, 1.82) is 0 Å². The van der Waals surface area contributed by atoms with Crippen molar-refractivity contribution in [3.8, 4) is 0 Å². The summed E-state index contributed by atoms with van der Waals surface area (Å²) < 4.78 is 0. The van der Waals surface area contributed by atoms with Gasteiger partial charge in [0.15, 0.2) is 0 Å². The largest absolute Gasteiger partial charge is 0.343 e. The molecule has 8 heteroatoms. The Bertz CT molecular complexity index is 658. The van der Waals surface area contributed by atoms with Crippen molar-refractivity contribution in [3.63, 3.8) is 0 Å². The Morgan fingerprint density at radius 1 is 1.21 bits per heavy atom. The van der Waals surface area contributed by atoms with E-state index in [2.05, 4.69) is 43.1 Å². The maximum atomic E-state index is 12.7. The number of carbonyl (C=O) groups is 2. The summed E-state index contributed by atoms with van der Waals surface area (Å²) in [5, 5.41) is 11.6. The Kier molecular flexibility index (Phi) is 7.55. The molecule has 158 valence electrons. The number of hydrogen-bond acceptors (Lipinski definition) is 5. The van der Waals surface area contributed by atoms with Crippen LogP contribution in [0.15, 0.2) is 0 Å². The predicted octanol–water partition coefficient (Wildman–Crippen LogP) is 2.37. The highest BCUT2D eigenvalue weighted by Crippen LogP contribution is 2.32. The molecule has 1 atom stereocenters. The number of aryl methyl sites for hydroxylation is 1. The van der Waals surface area contributed by atoms with Gasteiger partial charge < -0.3 is 9.80 Å². The first-order chi connectivity index (χ1) is 13.2. The molecule has 0 bridgehead atoms. The van der Waals surface area contributed by atoms with Crippen LogP contribution in [0, 0.1) is 17.3 Å². The number of tetrazole rings is 1. The van der Waals surface area contributed by atoms with Gasteiger partial charge in [0.1, 0.15) is 0 Å². The molecule has 2 heterocycles. The summed E-state index contributed by atoms with van der Waals surface area (Å²) in [5.41, 5.74) is 0.152. The highest BCUT2D eigenvalue weighted by atomic mass is 16.2. The normalized spacial score (nSPS) is 16.9. The molecule has 1 fully saturated rings. The molecule has 2 amide bonds. The summed E-state index contributed by atoms with van der Waals surface area (Å²) in [6, 6.07) is 0. The van der Waals surface area contributed by atoms with Crippen LogP contribution < -0.4 is 0 Å². The third kappa shape index (κ3) is 5.75. The maximum absolute atomic E-state index is 12.7. The highest BCUT2D eigenvalue weighted by Gasteiger charge is 2.30. The summed E-state index contributed by atoms with van der Waals surface area (Å²) in [4.78, 5) is 30.4. The molecule has 28 heavy (non-hydrogen) atoms. The van der Waals surface area contributed by atoms with Gasteiger partial charge in [-0.3, -0.25) is 9.59 Å². The van der Waals surface area contributed by atoms with E-state index in [9.17, 15) is 9.59 Å². The molecule has 1 aliphatic rings. The number of rotatable bonds is 7. The highest BCUT2D eigenvalue weighted by molar-refractivity contribution is 5.90. The fourth-order valence-electron chi connectivity index (χ4n) is 3.95. The molecule has 1 aromatic heterocycles. The van der Waals surface area contributed by atoms with Crippen molar-refractivity contribution in [2.24, 2.45) is 24.3 Å². The topological polar surface area (TPSA) is 84.2 Å². The van der Waals surface area contributed by atoms with Gasteiger partial charge in [0.05, 0.1) is 7.05 Å². The average molecular weight is 393 g/mol. The zero-order chi connectivity index (χ0) is 20.9. The fourth-order valence-corrected chi connectivity index (χ4v) is 3.95. The summed E-state index contributed by atoms with van der Waals surface area (Å²) >= 11 is 0. The Balaban J connectivity index is 1.85. The standard InChI is InChI=1S/C20H36N6O2/c1-7-16(20(3,4)5)13-17(27)26-11-9-15(10-12-26)14-25(8-2)19(28)18-21-23-24(6)22-18/h15-16H,7-14H2,1-6H3. The number of piperidine rings is 1. The van der Waals surface area contributed by atoms with Crippen LogP contribution in [0.1, 0.15) is 70.9 Å². The Labute approximate surface area is 168 Å². The van der Waals surface area contributed by atoms with Crippen molar-refractivity contribution in [3.05, 3.63) is 5.82 Å². The molecule has 1 aliphatic heterocycles. The lowest BCUT2D eigenvalue weighted by Crippen LogP contribution is -2.44. The zero-order valence-electron chi connectivity index (χ0n) is 18.3. The van der Waals surface area contributed by atoms with Crippen LogP contribution in [-0.4, -0.2) is 68.0 Å². The molecule has 0 aliphatic carbocycles. The van der Waals surface area contributed by atoms with E-state index in [1.165, 1.54) is 4.80 Å². The summed E-state index contributed by atoms with van der Waals surface area (Å²) in [6.45, 7) is 13.6. The number of nitrogens with zero attached hydrogens (tertiary/aromatic N) is 6. The first-order valence-electron chi connectivity index (χ1n) is 10.5. The van der Waals surface area contributed by atoms with Crippen LogP contribution in [0.5, 0.6) is 0 Å². The lowest BCUT2D eigenvalue weighted by Gasteiger charge is -2.36. The third-order valence-electron chi connectivity index (χ3n) is 5.95. The van der Waals surface area contributed by atoms with Crippen LogP contribution in [0.3, 0.4) is 0 Å². The lowest BCUT2D eigenvalue weighted by atomic mass is 9.77. The van der Waals surface area contributed by atoms with E-state index < -0.39 is 0 Å². The third-order valence-corrected chi connectivity index (χ3v) is 5.95. The van der Waals surface area contributed by atoms with Gasteiger partial charge in [0.25, 0.3) is 11.7 Å². The molecular formula is C20H36N6O2. The van der Waals surface area contributed by atoms with Crippen molar-refractivity contribution >= 4 is 11.8 Å². The minimum Gasteiger partial charge on any atom is -0.343 e. The van der Waals surface area contributed by atoms with Gasteiger partial charge in [-0.25, -0.2) is 0 Å².